The van der Waals surface area contributed by atoms with Gasteiger partial charge in [-0.15, -0.1) is 0 Å². The Balaban J connectivity index is 1.49. The molecule has 0 saturated carbocycles. The van der Waals surface area contributed by atoms with Crippen molar-refractivity contribution in [1.29, 1.82) is 0 Å². The summed E-state index contributed by atoms with van der Waals surface area (Å²) in [5, 5.41) is 9.88. The van der Waals surface area contributed by atoms with Crippen LogP contribution in [-0.2, 0) is 11.3 Å². The van der Waals surface area contributed by atoms with Crippen LogP contribution in [0.1, 0.15) is 27.9 Å². The largest absolute Gasteiger partial charge is 0.352 e. The number of nitrogens with one attached hydrogen (secondary N) is 2. The Labute approximate surface area is 172 Å². The third-order valence-electron chi connectivity index (χ3n) is 4.15. The van der Waals surface area contributed by atoms with Gasteiger partial charge in [0.2, 0.25) is 5.91 Å². The van der Waals surface area contributed by atoms with Gasteiger partial charge >= 0.3 is 0 Å². The molecule has 1 aromatic heterocycles. The summed E-state index contributed by atoms with van der Waals surface area (Å²) in [6.07, 6.45) is 1.83. The Morgan fingerprint density at radius 1 is 1.11 bits per heavy atom. The summed E-state index contributed by atoms with van der Waals surface area (Å²) in [5.74, 6) is 0.261. The summed E-state index contributed by atoms with van der Waals surface area (Å²) < 4.78 is 2.74. The van der Waals surface area contributed by atoms with E-state index in [1.807, 2.05) is 49.4 Å². The van der Waals surface area contributed by atoms with Crippen LogP contribution in [0, 0.1) is 6.92 Å². The predicted molar refractivity (Wildman–Crippen MR) is 112 cm³/mol. The van der Waals surface area contributed by atoms with E-state index in [1.54, 1.807) is 23.0 Å². The zero-order chi connectivity index (χ0) is 19.9. The van der Waals surface area contributed by atoms with Gasteiger partial charge in [0.05, 0.1) is 12.7 Å². The van der Waals surface area contributed by atoms with Crippen molar-refractivity contribution < 1.29 is 9.59 Å². The van der Waals surface area contributed by atoms with E-state index in [0.29, 0.717) is 17.9 Å². The summed E-state index contributed by atoms with van der Waals surface area (Å²) >= 11 is 3.41. The lowest BCUT2D eigenvalue weighted by Gasteiger charge is -2.10. The molecule has 0 saturated heterocycles. The van der Waals surface area contributed by atoms with Gasteiger partial charge in [-0.1, -0.05) is 45.8 Å². The van der Waals surface area contributed by atoms with Gasteiger partial charge in [0.1, 0.15) is 5.82 Å². The van der Waals surface area contributed by atoms with E-state index in [-0.39, 0.29) is 24.8 Å². The second-order valence-corrected chi connectivity index (χ2v) is 7.34. The van der Waals surface area contributed by atoms with Gasteiger partial charge in [-0.3, -0.25) is 9.59 Å². The summed E-state index contributed by atoms with van der Waals surface area (Å²) in [4.78, 5) is 24.3. The first-order valence-corrected chi connectivity index (χ1v) is 9.71. The fourth-order valence-corrected chi connectivity index (χ4v) is 2.98. The van der Waals surface area contributed by atoms with E-state index in [4.69, 9.17) is 0 Å². The van der Waals surface area contributed by atoms with E-state index in [2.05, 4.69) is 31.7 Å². The normalized spacial score (nSPS) is 10.5. The van der Waals surface area contributed by atoms with Crippen molar-refractivity contribution in [3.63, 3.8) is 0 Å². The SMILES string of the molecule is Cc1cccc(C(=O)NCCC(=O)Nc2ccnn2Cc2ccc(Br)cc2)c1. The van der Waals surface area contributed by atoms with Crippen molar-refractivity contribution in [3.05, 3.63) is 82.0 Å². The van der Waals surface area contributed by atoms with Crippen LogP contribution in [0.2, 0.25) is 0 Å². The number of aromatic nitrogens is 2. The number of hydrogen-bond acceptors (Lipinski definition) is 3. The monoisotopic (exact) mass is 440 g/mol. The lowest BCUT2D eigenvalue weighted by atomic mass is 10.1. The molecular formula is C21H21BrN4O2. The molecule has 0 atom stereocenters. The topological polar surface area (TPSA) is 76.0 Å². The lowest BCUT2D eigenvalue weighted by molar-refractivity contribution is -0.116. The highest BCUT2D eigenvalue weighted by atomic mass is 79.9. The molecule has 6 nitrogen and oxygen atoms in total. The number of nitrogens with zero attached hydrogens (tertiary/aromatic N) is 2. The van der Waals surface area contributed by atoms with Crippen molar-refractivity contribution in [3.8, 4) is 0 Å². The van der Waals surface area contributed by atoms with Gasteiger partial charge in [-0.25, -0.2) is 4.68 Å². The maximum Gasteiger partial charge on any atom is 0.251 e. The third-order valence-corrected chi connectivity index (χ3v) is 4.68. The zero-order valence-corrected chi connectivity index (χ0v) is 17.1. The number of anilines is 1. The molecule has 2 N–H and O–H groups in total. The molecule has 2 amide bonds. The first-order chi connectivity index (χ1) is 13.5. The molecular weight excluding hydrogens is 420 g/mol. The van der Waals surface area contributed by atoms with Crippen molar-refractivity contribution in [2.45, 2.75) is 19.9 Å². The van der Waals surface area contributed by atoms with Crippen molar-refractivity contribution >= 4 is 33.6 Å². The second-order valence-electron chi connectivity index (χ2n) is 6.42. The van der Waals surface area contributed by atoms with Gasteiger partial charge in [0, 0.05) is 29.1 Å². The fourth-order valence-electron chi connectivity index (χ4n) is 2.71. The highest BCUT2D eigenvalue weighted by Gasteiger charge is 2.10. The van der Waals surface area contributed by atoms with Crippen molar-refractivity contribution in [1.82, 2.24) is 15.1 Å². The maximum absolute atomic E-state index is 12.2. The summed E-state index contributed by atoms with van der Waals surface area (Å²) in [6, 6.07) is 17.0. The van der Waals surface area contributed by atoms with E-state index >= 15 is 0 Å². The number of carbonyl (C=O) groups is 2. The van der Waals surface area contributed by atoms with Crippen LogP contribution < -0.4 is 10.6 Å². The Kier molecular flexibility index (Phi) is 6.60. The predicted octanol–water partition coefficient (Wildman–Crippen LogP) is 3.76. The van der Waals surface area contributed by atoms with Crippen molar-refractivity contribution in [2.24, 2.45) is 0 Å². The average Bonchev–Trinajstić information content (AvgIpc) is 3.10. The minimum Gasteiger partial charge on any atom is -0.352 e. The number of carbonyl (C=O) groups excluding carboxylic acids is 2. The number of aryl methyl sites for hydroxylation is 1. The highest BCUT2D eigenvalue weighted by Crippen LogP contribution is 2.14. The minimum absolute atomic E-state index is 0.179. The fraction of sp³-hybridized carbons (Fsp3) is 0.190. The molecule has 0 aliphatic rings. The van der Waals surface area contributed by atoms with Crippen LogP contribution in [0.4, 0.5) is 5.82 Å². The molecule has 2 aromatic carbocycles. The molecule has 1 heterocycles. The number of rotatable bonds is 7. The van der Waals surface area contributed by atoms with Crippen LogP contribution in [0.3, 0.4) is 0 Å². The average molecular weight is 441 g/mol. The minimum atomic E-state index is -0.184. The standard InChI is InChI=1S/C21H21BrN4O2/c1-15-3-2-4-17(13-15)21(28)23-11-10-20(27)25-19-9-12-24-26(19)14-16-5-7-18(22)8-6-16/h2-9,12-13H,10-11,14H2,1H3,(H,23,28)(H,25,27). The van der Waals surface area contributed by atoms with Gasteiger partial charge < -0.3 is 10.6 Å². The number of hydrogen-bond donors (Lipinski definition) is 2. The number of amides is 2. The van der Waals surface area contributed by atoms with Gasteiger partial charge in [-0.05, 0) is 36.8 Å². The second kappa shape index (κ2) is 9.32. The zero-order valence-electron chi connectivity index (χ0n) is 15.5. The molecule has 144 valence electrons. The van der Waals surface area contributed by atoms with Crippen LogP contribution >= 0.6 is 15.9 Å². The number of benzene rings is 2. The summed E-state index contributed by atoms with van der Waals surface area (Å²) in [5.41, 5.74) is 2.69. The third kappa shape index (κ3) is 5.53. The van der Waals surface area contributed by atoms with Crippen LogP contribution in [0.15, 0.2) is 65.3 Å². The van der Waals surface area contributed by atoms with Gasteiger partial charge in [-0.2, -0.15) is 5.10 Å². The molecule has 3 aromatic rings. The molecule has 28 heavy (non-hydrogen) atoms. The summed E-state index contributed by atoms with van der Waals surface area (Å²) in [7, 11) is 0. The molecule has 0 fully saturated rings. The molecule has 3 rings (SSSR count). The first kappa shape index (κ1) is 19.8. The smallest absolute Gasteiger partial charge is 0.251 e. The van der Waals surface area contributed by atoms with Crippen molar-refractivity contribution in [2.75, 3.05) is 11.9 Å². The maximum atomic E-state index is 12.2. The highest BCUT2D eigenvalue weighted by molar-refractivity contribution is 9.10. The molecule has 0 bridgehead atoms. The Morgan fingerprint density at radius 3 is 2.64 bits per heavy atom. The molecule has 0 unspecified atom stereocenters. The Morgan fingerprint density at radius 2 is 1.89 bits per heavy atom. The molecule has 0 aliphatic heterocycles. The van der Waals surface area contributed by atoms with E-state index in [1.165, 1.54) is 0 Å². The van der Waals surface area contributed by atoms with Gasteiger partial charge in [0.15, 0.2) is 0 Å². The quantitative estimate of drug-likeness (QED) is 0.586. The number of halogens is 1. The molecule has 0 radical (unpaired) electrons. The van der Waals surface area contributed by atoms with E-state index < -0.39 is 0 Å². The molecule has 0 spiro atoms. The van der Waals surface area contributed by atoms with Crippen LogP contribution in [-0.4, -0.2) is 28.1 Å². The van der Waals surface area contributed by atoms with E-state index in [0.717, 1.165) is 15.6 Å². The molecule has 0 aliphatic carbocycles. The lowest BCUT2D eigenvalue weighted by Crippen LogP contribution is -2.28. The van der Waals surface area contributed by atoms with Crippen LogP contribution in [0.25, 0.3) is 0 Å². The van der Waals surface area contributed by atoms with Crippen LogP contribution in [0.5, 0.6) is 0 Å². The van der Waals surface area contributed by atoms with Gasteiger partial charge in [0.25, 0.3) is 5.91 Å². The first-order valence-electron chi connectivity index (χ1n) is 8.92. The van der Waals surface area contributed by atoms with E-state index in [9.17, 15) is 9.59 Å². The molecule has 7 heteroatoms. The Hall–Kier alpha value is -2.93. The summed E-state index contributed by atoms with van der Waals surface area (Å²) in [6.45, 7) is 2.75. The Bertz CT molecular complexity index is 967.